The summed E-state index contributed by atoms with van der Waals surface area (Å²) < 4.78 is 0. The van der Waals surface area contributed by atoms with Gasteiger partial charge in [0.15, 0.2) is 0 Å². The van der Waals surface area contributed by atoms with Crippen LogP contribution in [0.3, 0.4) is 0 Å². The third kappa shape index (κ3) is 1.57. The number of anilines is 3. The van der Waals surface area contributed by atoms with E-state index in [0.29, 0.717) is 12.1 Å². The molecule has 21 heavy (non-hydrogen) atoms. The highest BCUT2D eigenvalue weighted by molar-refractivity contribution is 6.12. The number of carboxylic acids is 1. The molecule has 4 rings (SSSR count). The van der Waals surface area contributed by atoms with Crippen LogP contribution in [0.2, 0.25) is 0 Å². The number of carbonyl (C=O) groups excluding carboxylic acids is 1. The van der Waals surface area contributed by atoms with Gasteiger partial charge in [-0.05, 0) is 23.8 Å². The molecular formula is C16H12N2O3. The van der Waals surface area contributed by atoms with Gasteiger partial charge in [-0.25, -0.2) is 4.79 Å². The van der Waals surface area contributed by atoms with E-state index in [1.54, 1.807) is 6.07 Å². The first kappa shape index (κ1) is 12.0. The third-order valence-electron chi connectivity index (χ3n) is 4.06. The lowest BCUT2D eigenvalue weighted by atomic mass is 10.0. The van der Waals surface area contributed by atoms with E-state index < -0.39 is 5.97 Å². The number of hydrogen-bond acceptors (Lipinski definition) is 3. The Hall–Kier alpha value is -2.82. The number of nitrogens with zero attached hydrogens (tertiary/aromatic N) is 1. The summed E-state index contributed by atoms with van der Waals surface area (Å²) in [6.07, 6.45) is 0.638. The van der Waals surface area contributed by atoms with Crippen LogP contribution in [0.25, 0.3) is 0 Å². The van der Waals surface area contributed by atoms with Gasteiger partial charge in [-0.2, -0.15) is 0 Å². The Morgan fingerprint density at radius 3 is 2.71 bits per heavy atom. The topological polar surface area (TPSA) is 69.6 Å². The van der Waals surface area contributed by atoms with Crippen LogP contribution in [0.1, 0.15) is 15.9 Å². The average molecular weight is 280 g/mol. The molecule has 0 saturated carbocycles. The lowest BCUT2D eigenvalue weighted by molar-refractivity contribution is -0.117. The minimum absolute atomic E-state index is 0.115. The van der Waals surface area contributed by atoms with Crippen LogP contribution < -0.4 is 10.2 Å². The quantitative estimate of drug-likeness (QED) is 0.841. The van der Waals surface area contributed by atoms with Gasteiger partial charge in [0.25, 0.3) is 0 Å². The first-order valence-electron chi connectivity index (χ1n) is 6.71. The standard InChI is InChI=1S/C16H12N2O3/c19-15-13-8-9-4-1-2-6-11(9)18(13)12-7-3-5-10(16(20)21)14(12)17-15/h1-7,13H,8H2,(H,17,19)(H,20,21). The maximum Gasteiger partial charge on any atom is 0.337 e. The van der Waals surface area contributed by atoms with Crippen molar-refractivity contribution in [2.24, 2.45) is 0 Å². The molecule has 1 amide bonds. The molecule has 5 heteroatoms. The monoisotopic (exact) mass is 280 g/mol. The zero-order chi connectivity index (χ0) is 14.6. The van der Waals surface area contributed by atoms with Crippen molar-refractivity contribution < 1.29 is 14.7 Å². The summed E-state index contributed by atoms with van der Waals surface area (Å²) in [5.41, 5.74) is 3.31. The summed E-state index contributed by atoms with van der Waals surface area (Å²) >= 11 is 0. The Labute approximate surface area is 120 Å². The summed E-state index contributed by atoms with van der Waals surface area (Å²) in [7, 11) is 0. The average Bonchev–Trinajstić information content (AvgIpc) is 2.87. The molecule has 0 saturated heterocycles. The number of carboxylic acid groups (broad SMARTS) is 1. The van der Waals surface area contributed by atoms with Crippen LogP contribution in [0.4, 0.5) is 17.1 Å². The number of aromatic carboxylic acids is 1. The molecule has 1 unspecified atom stereocenters. The van der Waals surface area contributed by atoms with E-state index in [-0.39, 0.29) is 17.5 Å². The molecule has 2 aromatic rings. The molecule has 0 spiro atoms. The lowest BCUT2D eigenvalue weighted by Gasteiger charge is -2.34. The fraction of sp³-hybridized carbons (Fsp3) is 0.125. The van der Waals surface area contributed by atoms with Gasteiger partial charge in [0.2, 0.25) is 5.91 Å². The fourth-order valence-electron chi connectivity index (χ4n) is 3.15. The van der Waals surface area contributed by atoms with Gasteiger partial charge in [-0.1, -0.05) is 24.3 Å². The van der Waals surface area contributed by atoms with Gasteiger partial charge in [0, 0.05) is 12.1 Å². The van der Waals surface area contributed by atoms with Crippen molar-refractivity contribution in [1.82, 2.24) is 0 Å². The maximum atomic E-state index is 12.3. The molecule has 0 aliphatic carbocycles. The summed E-state index contributed by atoms with van der Waals surface area (Å²) in [4.78, 5) is 25.6. The number of carbonyl (C=O) groups is 2. The number of nitrogens with one attached hydrogen (secondary N) is 1. The lowest BCUT2D eigenvalue weighted by Crippen LogP contribution is -2.43. The molecule has 0 bridgehead atoms. The number of hydrogen-bond donors (Lipinski definition) is 2. The Kier molecular flexibility index (Phi) is 2.33. The summed E-state index contributed by atoms with van der Waals surface area (Å²) in [6, 6.07) is 12.6. The van der Waals surface area contributed by atoms with Crippen LogP contribution >= 0.6 is 0 Å². The van der Waals surface area contributed by atoms with Crippen LogP contribution in [-0.2, 0) is 11.2 Å². The van der Waals surface area contributed by atoms with Crippen molar-refractivity contribution in [2.45, 2.75) is 12.5 Å². The largest absolute Gasteiger partial charge is 0.478 e. The second kappa shape index (κ2) is 4.09. The zero-order valence-corrected chi connectivity index (χ0v) is 11.0. The SMILES string of the molecule is O=C(O)c1cccc2c1NC(=O)C1Cc3ccccc3N21. The summed E-state index contributed by atoms with van der Waals surface area (Å²) in [5.74, 6) is -1.20. The van der Waals surface area contributed by atoms with Crippen molar-refractivity contribution >= 4 is 28.9 Å². The van der Waals surface area contributed by atoms with Crippen LogP contribution in [-0.4, -0.2) is 23.0 Å². The van der Waals surface area contributed by atoms with Gasteiger partial charge in [-0.15, -0.1) is 0 Å². The van der Waals surface area contributed by atoms with E-state index in [9.17, 15) is 14.7 Å². The second-order valence-electron chi connectivity index (χ2n) is 5.21. The molecule has 2 aliphatic rings. The first-order chi connectivity index (χ1) is 10.2. The van der Waals surface area contributed by atoms with Gasteiger partial charge in [0.05, 0.1) is 16.9 Å². The molecule has 0 radical (unpaired) electrons. The highest BCUT2D eigenvalue weighted by Crippen LogP contribution is 2.45. The molecule has 2 heterocycles. The molecule has 2 N–H and O–H groups in total. The molecule has 1 atom stereocenters. The summed E-state index contributed by atoms with van der Waals surface area (Å²) in [5, 5.41) is 12.0. The van der Waals surface area contributed by atoms with Gasteiger partial charge < -0.3 is 15.3 Å². The smallest absolute Gasteiger partial charge is 0.337 e. The van der Waals surface area contributed by atoms with Crippen LogP contribution in [0, 0.1) is 0 Å². The van der Waals surface area contributed by atoms with Crippen LogP contribution in [0.5, 0.6) is 0 Å². The van der Waals surface area contributed by atoms with E-state index >= 15 is 0 Å². The summed E-state index contributed by atoms with van der Waals surface area (Å²) in [6.45, 7) is 0. The van der Waals surface area contributed by atoms with Gasteiger partial charge >= 0.3 is 5.97 Å². The maximum absolute atomic E-state index is 12.3. The Bertz CT molecular complexity index is 785. The first-order valence-corrected chi connectivity index (χ1v) is 6.71. The molecule has 2 aromatic carbocycles. The van der Waals surface area contributed by atoms with Crippen molar-refractivity contribution in [1.29, 1.82) is 0 Å². The van der Waals surface area contributed by atoms with Gasteiger partial charge in [-0.3, -0.25) is 4.79 Å². The number of fused-ring (bicyclic) bond motifs is 5. The highest BCUT2D eigenvalue weighted by Gasteiger charge is 2.40. The minimum Gasteiger partial charge on any atom is -0.478 e. The Morgan fingerprint density at radius 1 is 1.14 bits per heavy atom. The molecule has 2 aliphatic heterocycles. The van der Waals surface area contributed by atoms with E-state index in [1.165, 1.54) is 6.07 Å². The normalized spacial score (nSPS) is 18.6. The molecular weight excluding hydrogens is 268 g/mol. The van der Waals surface area contributed by atoms with Crippen molar-refractivity contribution in [3.8, 4) is 0 Å². The third-order valence-corrected chi connectivity index (χ3v) is 4.06. The number of benzene rings is 2. The van der Waals surface area contributed by atoms with E-state index in [0.717, 1.165) is 16.9 Å². The molecule has 0 aromatic heterocycles. The number of amides is 1. The van der Waals surface area contributed by atoms with E-state index in [4.69, 9.17) is 0 Å². The van der Waals surface area contributed by atoms with E-state index in [2.05, 4.69) is 5.32 Å². The molecule has 104 valence electrons. The van der Waals surface area contributed by atoms with Crippen molar-refractivity contribution in [3.05, 3.63) is 53.6 Å². The van der Waals surface area contributed by atoms with Crippen molar-refractivity contribution in [2.75, 3.05) is 10.2 Å². The van der Waals surface area contributed by atoms with Crippen molar-refractivity contribution in [3.63, 3.8) is 0 Å². The van der Waals surface area contributed by atoms with E-state index in [1.807, 2.05) is 35.2 Å². The molecule has 5 nitrogen and oxygen atoms in total. The fourth-order valence-corrected chi connectivity index (χ4v) is 3.15. The van der Waals surface area contributed by atoms with Gasteiger partial charge in [0.1, 0.15) is 6.04 Å². The number of para-hydroxylation sites is 2. The minimum atomic E-state index is -1.04. The zero-order valence-electron chi connectivity index (χ0n) is 11.0. The number of rotatable bonds is 1. The highest BCUT2D eigenvalue weighted by atomic mass is 16.4. The Balaban J connectivity index is 1.96. The predicted molar refractivity (Wildman–Crippen MR) is 78.1 cm³/mol. The Morgan fingerprint density at radius 2 is 1.90 bits per heavy atom. The predicted octanol–water partition coefficient (Wildman–Crippen LogP) is 2.40. The molecule has 0 fully saturated rings. The second-order valence-corrected chi connectivity index (χ2v) is 5.21. The van der Waals surface area contributed by atoms with Crippen LogP contribution in [0.15, 0.2) is 42.5 Å².